The second-order valence-electron chi connectivity index (χ2n) is 2.00. The molecule has 0 aliphatic rings. The van der Waals surface area contributed by atoms with Crippen molar-refractivity contribution in [1.82, 2.24) is 0 Å². The molecule has 0 N–H and O–H groups in total. The van der Waals surface area contributed by atoms with Gasteiger partial charge < -0.3 is 9.47 Å². The third-order valence-corrected chi connectivity index (χ3v) is 1.31. The first-order valence-corrected chi connectivity index (χ1v) is 3.31. The summed E-state index contributed by atoms with van der Waals surface area (Å²) in [5.74, 6) is 0.161. The van der Waals surface area contributed by atoms with Crippen molar-refractivity contribution in [1.29, 1.82) is 0 Å². The average molecular weight is 146 g/mol. The van der Waals surface area contributed by atoms with E-state index < -0.39 is 0 Å². The number of ketones is 1. The second kappa shape index (κ2) is 5.38. The summed E-state index contributed by atoms with van der Waals surface area (Å²) in [5.41, 5.74) is 0. The fourth-order valence-electron chi connectivity index (χ4n) is 0.593. The number of carbonyl (C=O) groups is 1. The van der Waals surface area contributed by atoms with Crippen LogP contribution >= 0.6 is 0 Å². The van der Waals surface area contributed by atoms with Gasteiger partial charge >= 0.3 is 0 Å². The van der Waals surface area contributed by atoms with Gasteiger partial charge in [0.25, 0.3) is 0 Å². The quantitative estimate of drug-likeness (QED) is 0.542. The minimum atomic E-state index is -0.368. The first kappa shape index (κ1) is 9.59. The summed E-state index contributed by atoms with van der Waals surface area (Å²) in [4.78, 5) is 10.8. The van der Waals surface area contributed by atoms with Crippen molar-refractivity contribution in [3.05, 3.63) is 0 Å². The molecule has 0 aliphatic heterocycles. The first-order chi connectivity index (χ1) is 4.74. The van der Waals surface area contributed by atoms with E-state index in [-0.39, 0.29) is 12.1 Å². The van der Waals surface area contributed by atoms with E-state index in [2.05, 4.69) is 0 Å². The van der Waals surface area contributed by atoms with Gasteiger partial charge in [0.05, 0.1) is 6.42 Å². The molecule has 0 heterocycles. The summed E-state index contributed by atoms with van der Waals surface area (Å²) in [6.45, 7) is 1.82. The van der Waals surface area contributed by atoms with E-state index in [9.17, 15) is 4.79 Å². The Morgan fingerprint density at radius 3 is 2.20 bits per heavy atom. The van der Waals surface area contributed by atoms with Crippen molar-refractivity contribution in [3.8, 4) is 0 Å². The van der Waals surface area contributed by atoms with E-state index >= 15 is 0 Å². The van der Waals surface area contributed by atoms with Crippen molar-refractivity contribution in [2.24, 2.45) is 0 Å². The minimum absolute atomic E-state index is 0.161. The number of methoxy groups -OCH3 is 2. The Balaban J connectivity index is 3.52. The molecular weight excluding hydrogens is 132 g/mol. The van der Waals surface area contributed by atoms with Crippen molar-refractivity contribution >= 4 is 5.78 Å². The van der Waals surface area contributed by atoms with Gasteiger partial charge in [-0.25, -0.2) is 0 Å². The maximum atomic E-state index is 10.8. The van der Waals surface area contributed by atoms with Crippen LogP contribution < -0.4 is 0 Å². The fraction of sp³-hybridized carbons (Fsp3) is 0.857. The molecule has 0 aromatic carbocycles. The van der Waals surface area contributed by atoms with Crippen LogP contribution in [0.25, 0.3) is 0 Å². The van der Waals surface area contributed by atoms with E-state index in [1.165, 1.54) is 14.2 Å². The molecule has 3 nitrogen and oxygen atoms in total. The van der Waals surface area contributed by atoms with Crippen LogP contribution in [0.15, 0.2) is 0 Å². The Hall–Kier alpha value is -0.410. The summed E-state index contributed by atoms with van der Waals surface area (Å²) in [7, 11) is 3.05. The predicted octanol–water partition coefficient (Wildman–Crippen LogP) is 0.974. The third kappa shape index (κ3) is 3.58. The Morgan fingerprint density at radius 2 is 1.90 bits per heavy atom. The van der Waals surface area contributed by atoms with Gasteiger partial charge in [-0.05, 0) is 0 Å². The maximum absolute atomic E-state index is 10.8. The maximum Gasteiger partial charge on any atom is 0.163 e. The van der Waals surface area contributed by atoms with Gasteiger partial charge in [-0.3, -0.25) is 4.79 Å². The van der Waals surface area contributed by atoms with E-state index in [0.717, 1.165) is 0 Å². The van der Waals surface area contributed by atoms with Crippen LogP contribution in [0.4, 0.5) is 0 Å². The van der Waals surface area contributed by atoms with E-state index in [0.29, 0.717) is 12.8 Å². The van der Waals surface area contributed by atoms with Gasteiger partial charge in [-0.15, -0.1) is 0 Å². The standard InChI is InChI=1S/C7H14O3/c1-4-6(8)5-7(9-2)10-3/h7H,4-5H2,1-3H3. The lowest BCUT2D eigenvalue weighted by Gasteiger charge is -2.10. The fourth-order valence-corrected chi connectivity index (χ4v) is 0.593. The van der Waals surface area contributed by atoms with Gasteiger partial charge in [0.1, 0.15) is 5.78 Å². The lowest BCUT2D eigenvalue weighted by atomic mass is 10.2. The normalized spacial score (nSPS) is 10.4. The van der Waals surface area contributed by atoms with Crippen molar-refractivity contribution in [3.63, 3.8) is 0 Å². The van der Waals surface area contributed by atoms with Gasteiger partial charge in [0.15, 0.2) is 6.29 Å². The van der Waals surface area contributed by atoms with E-state index in [1.807, 2.05) is 6.92 Å². The SMILES string of the molecule is CCC(=O)CC(OC)OC. The van der Waals surface area contributed by atoms with E-state index in [1.54, 1.807) is 0 Å². The van der Waals surface area contributed by atoms with Crippen LogP contribution in [-0.4, -0.2) is 26.3 Å². The molecular formula is C7H14O3. The Morgan fingerprint density at radius 1 is 1.40 bits per heavy atom. The highest BCUT2D eigenvalue weighted by atomic mass is 16.7. The van der Waals surface area contributed by atoms with Crippen LogP contribution in [0.2, 0.25) is 0 Å². The first-order valence-electron chi connectivity index (χ1n) is 3.31. The molecule has 0 saturated carbocycles. The summed E-state index contributed by atoms with van der Waals surface area (Å²) in [5, 5.41) is 0. The predicted molar refractivity (Wildman–Crippen MR) is 37.7 cm³/mol. The highest BCUT2D eigenvalue weighted by molar-refractivity contribution is 5.78. The van der Waals surface area contributed by atoms with Gasteiger partial charge in [0, 0.05) is 20.6 Å². The number of carbonyl (C=O) groups excluding carboxylic acids is 1. The zero-order chi connectivity index (χ0) is 7.98. The number of rotatable bonds is 5. The number of ether oxygens (including phenoxy) is 2. The number of hydrogen-bond acceptors (Lipinski definition) is 3. The molecule has 0 saturated heterocycles. The molecule has 0 fully saturated rings. The molecule has 0 bridgehead atoms. The zero-order valence-electron chi connectivity index (χ0n) is 6.72. The topological polar surface area (TPSA) is 35.5 Å². The molecule has 60 valence electrons. The van der Waals surface area contributed by atoms with Crippen LogP contribution in [0.1, 0.15) is 19.8 Å². The van der Waals surface area contributed by atoms with Crippen molar-refractivity contribution in [2.45, 2.75) is 26.1 Å². The Bertz CT molecular complexity index is 97.0. The molecule has 0 amide bonds. The van der Waals surface area contributed by atoms with Crippen LogP contribution in [0.5, 0.6) is 0 Å². The highest BCUT2D eigenvalue weighted by Gasteiger charge is 2.09. The van der Waals surface area contributed by atoms with E-state index in [4.69, 9.17) is 9.47 Å². The highest BCUT2D eigenvalue weighted by Crippen LogP contribution is 1.99. The largest absolute Gasteiger partial charge is 0.355 e. The van der Waals surface area contributed by atoms with Crippen LogP contribution in [-0.2, 0) is 14.3 Å². The molecule has 0 radical (unpaired) electrons. The lowest BCUT2D eigenvalue weighted by molar-refractivity contribution is -0.137. The van der Waals surface area contributed by atoms with Crippen LogP contribution in [0.3, 0.4) is 0 Å². The molecule has 0 aliphatic carbocycles. The smallest absolute Gasteiger partial charge is 0.163 e. The Kier molecular flexibility index (Phi) is 5.16. The Labute approximate surface area is 61.3 Å². The van der Waals surface area contributed by atoms with Crippen molar-refractivity contribution in [2.75, 3.05) is 14.2 Å². The molecule has 0 rings (SSSR count). The van der Waals surface area contributed by atoms with Crippen LogP contribution in [0, 0.1) is 0 Å². The zero-order valence-corrected chi connectivity index (χ0v) is 6.72. The summed E-state index contributed by atoms with van der Waals surface area (Å²) >= 11 is 0. The van der Waals surface area contributed by atoms with Gasteiger partial charge in [0.2, 0.25) is 0 Å². The van der Waals surface area contributed by atoms with Crippen molar-refractivity contribution < 1.29 is 14.3 Å². The minimum Gasteiger partial charge on any atom is -0.355 e. The molecule has 0 atom stereocenters. The average Bonchev–Trinajstić information content (AvgIpc) is 1.99. The number of Topliss-reactive ketones (excluding diaryl/α,β-unsaturated/α-hetero) is 1. The molecule has 0 unspecified atom stereocenters. The molecule has 3 heteroatoms. The monoisotopic (exact) mass is 146 g/mol. The van der Waals surface area contributed by atoms with Gasteiger partial charge in [-0.1, -0.05) is 6.92 Å². The molecule has 10 heavy (non-hydrogen) atoms. The lowest BCUT2D eigenvalue weighted by Crippen LogP contribution is -2.17. The molecule has 0 aromatic heterocycles. The molecule has 0 spiro atoms. The number of hydrogen-bond donors (Lipinski definition) is 0. The summed E-state index contributed by atoms with van der Waals surface area (Å²) < 4.78 is 9.66. The summed E-state index contributed by atoms with van der Waals surface area (Å²) in [6.07, 6.45) is 0.527. The summed E-state index contributed by atoms with van der Waals surface area (Å²) in [6, 6.07) is 0. The second-order valence-corrected chi connectivity index (χ2v) is 2.00. The molecule has 0 aromatic rings. The van der Waals surface area contributed by atoms with Gasteiger partial charge in [-0.2, -0.15) is 0 Å². The third-order valence-electron chi connectivity index (χ3n) is 1.31.